The highest BCUT2D eigenvalue weighted by Gasteiger charge is 2.27. The molecule has 0 spiro atoms. The van der Waals surface area contributed by atoms with Crippen LogP contribution in [0.3, 0.4) is 0 Å². The number of rotatable bonds is 7. The number of hydrogen-bond donors (Lipinski definition) is 2. The van der Waals surface area contributed by atoms with E-state index in [-0.39, 0.29) is 0 Å². The summed E-state index contributed by atoms with van der Waals surface area (Å²) in [5, 5.41) is 13.2. The average molecular weight is 399 g/mol. The van der Waals surface area contributed by atoms with Crippen molar-refractivity contribution in [2.75, 3.05) is 42.9 Å². The first-order chi connectivity index (χ1) is 14.0. The molecule has 1 aliphatic rings. The number of aromatic nitrogens is 2. The van der Waals surface area contributed by atoms with Crippen LogP contribution in [0.15, 0.2) is 36.5 Å². The number of anilines is 3. The van der Waals surface area contributed by atoms with Crippen molar-refractivity contribution in [3.05, 3.63) is 36.5 Å². The maximum Gasteiger partial charge on any atom is 0.411 e. The Morgan fingerprint density at radius 3 is 2.59 bits per heavy atom. The number of benzene rings is 1. The molecule has 1 fully saturated rings. The predicted molar refractivity (Wildman–Crippen MR) is 114 cm³/mol. The third-order valence-corrected chi connectivity index (χ3v) is 5.33. The van der Waals surface area contributed by atoms with Crippen molar-refractivity contribution in [1.29, 1.82) is 0 Å². The second-order valence-electron chi connectivity index (χ2n) is 7.56. The number of methoxy groups -OCH3 is 1. The largest absolute Gasteiger partial charge is 0.495 e. The lowest BCUT2D eigenvalue weighted by molar-refractivity contribution is 0.198. The third-order valence-electron chi connectivity index (χ3n) is 5.33. The summed E-state index contributed by atoms with van der Waals surface area (Å²) < 4.78 is 5.34. The fourth-order valence-corrected chi connectivity index (χ4v) is 3.73. The van der Waals surface area contributed by atoms with Gasteiger partial charge in [0.2, 0.25) is 5.95 Å². The second kappa shape index (κ2) is 9.45. The summed E-state index contributed by atoms with van der Waals surface area (Å²) in [6.07, 6.45) is 4.62. The van der Waals surface area contributed by atoms with Gasteiger partial charge in [-0.05, 0) is 49.8 Å². The van der Waals surface area contributed by atoms with Crippen molar-refractivity contribution in [2.24, 2.45) is 5.92 Å². The summed E-state index contributed by atoms with van der Waals surface area (Å²) in [6, 6.07) is 9.42. The molecule has 1 aromatic carbocycles. The van der Waals surface area contributed by atoms with Crippen LogP contribution in [-0.4, -0.2) is 55.0 Å². The first-order valence-corrected chi connectivity index (χ1v) is 9.88. The Morgan fingerprint density at radius 2 is 1.93 bits per heavy atom. The van der Waals surface area contributed by atoms with E-state index in [2.05, 4.69) is 15.3 Å². The molecule has 1 saturated carbocycles. The zero-order valence-electron chi connectivity index (χ0n) is 17.2. The molecule has 1 heterocycles. The molecule has 0 radical (unpaired) electrons. The fraction of sp³-hybridized carbons (Fsp3) is 0.476. The normalized spacial score (nSPS) is 18.7. The summed E-state index contributed by atoms with van der Waals surface area (Å²) in [6.45, 7) is 0.467. The maximum absolute atomic E-state index is 11.9. The van der Waals surface area contributed by atoms with Gasteiger partial charge in [-0.1, -0.05) is 12.1 Å². The van der Waals surface area contributed by atoms with Crippen molar-refractivity contribution >= 4 is 23.5 Å². The molecule has 0 aliphatic heterocycles. The minimum absolute atomic E-state index is 0.299. The molecular formula is C21H29N5O3. The molecule has 0 bridgehead atoms. The van der Waals surface area contributed by atoms with Crippen molar-refractivity contribution in [2.45, 2.75) is 31.7 Å². The number of nitrogens with one attached hydrogen (secondary N) is 1. The summed E-state index contributed by atoms with van der Waals surface area (Å²) >= 11 is 0. The van der Waals surface area contributed by atoms with E-state index in [1.165, 1.54) is 4.90 Å². The quantitative estimate of drug-likeness (QED) is 0.733. The summed E-state index contributed by atoms with van der Waals surface area (Å²) in [7, 11) is 5.46. The molecule has 1 amide bonds. The van der Waals surface area contributed by atoms with Gasteiger partial charge < -0.3 is 20.1 Å². The van der Waals surface area contributed by atoms with Gasteiger partial charge in [0.15, 0.2) is 0 Å². The van der Waals surface area contributed by atoms with Gasteiger partial charge in [-0.3, -0.25) is 4.90 Å². The van der Waals surface area contributed by atoms with E-state index in [1.54, 1.807) is 25.4 Å². The van der Waals surface area contributed by atoms with Gasteiger partial charge >= 0.3 is 6.09 Å². The average Bonchev–Trinajstić information content (AvgIpc) is 2.73. The van der Waals surface area contributed by atoms with Crippen LogP contribution in [0.5, 0.6) is 5.75 Å². The standard InChI is InChI=1S/C21H29N5O3/c1-25(2)19-12-13-22-20(24-19)23-16-10-8-15(9-11-16)14-26(21(27)28)17-6-4-5-7-18(17)29-3/h4-7,12-13,15-16H,8-11,14H2,1-3H3,(H,27,28)(H,22,23,24)/t15-,16+. The SMILES string of the molecule is COc1ccccc1N(C[C@H]1CC[C@@H](Nc2nccc(N(C)C)n2)CC1)C(=O)O. The van der Waals surface area contributed by atoms with Gasteiger partial charge in [-0.15, -0.1) is 0 Å². The molecular weight excluding hydrogens is 370 g/mol. The number of para-hydroxylation sites is 2. The lowest BCUT2D eigenvalue weighted by Crippen LogP contribution is -2.37. The van der Waals surface area contributed by atoms with Gasteiger partial charge in [0.25, 0.3) is 0 Å². The second-order valence-corrected chi connectivity index (χ2v) is 7.56. The van der Waals surface area contributed by atoms with Crippen LogP contribution in [0.4, 0.5) is 22.2 Å². The molecule has 2 aromatic rings. The summed E-state index contributed by atoms with van der Waals surface area (Å²) in [5.74, 6) is 2.39. The van der Waals surface area contributed by atoms with Gasteiger partial charge in [0, 0.05) is 32.9 Å². The highest BCUT2D eigenvalue weighted by molar-refractivity contribution is 5.88. The lowest BCUT2D eigenvalue weighted by atomic mass is 9.85. The zero-order chi connectivity index (χ0) is 20.8. The molecule has 0 atom stereocenters. The number of carboxylic acid groups (broad SMARTS) is 1. The number of carbonyl (C=O) groups is 1. The highest BCUT2D eigenvalue weighted by atomic mass is 16.5. The van der Waals surface area contributed by atoms with Crippen LogP contribution in [0.1, 0.15) is 25.7 Å². The molecule has 3 rings (SSSR count). The van der Waals surface area contributed by atoms with Gasteiger partial charge in [0.05, 0.1) is 12.8 Å². The Morgan fingerprint density at radius 1 is 1.21 bits per heavy atom. The van der Waals surface area contributed by atoms with Crippen LogP contribution in [0.25, 0.3) is 0 Å². The fourth-order valence-electron chi connectivity index (χ4n) is 3.73. The van der Waals surface area contributed by atoms with E-state index in [9.17, 15) is 9.90 Å². The monoisotopic (exact) mass is 399 g/mol. The van der Waals surface area contributed by atoms with Gasteiger partial charge in [-0.25, -0.2) is 9.78 Å². The molecule has 2 N–H and O–H groups in total. The van der Waals surface area contributed by atoms with E-state index < -0.39 is 6.09 Å². The first-order valence-electron chi connectivity index (χ1n) is 9.88. The van der Waals surface area contributed by atoms with E-state index in [0.717, 1.165) is 31.5 Å². The van der Waals surface area contributed by atoms with Crippen LogP contribution < -0.4 is 19.9 Å². The molecule has 8 nitrogen and oxygen atoms in total. The molecule has 1 aromatic heterocycles. The Kier molecular flexibility index (Phi) is 6.74. The van der Waals surface area contributed by atoms with Crippen LogP contribution in [0.2, 0.25) is 0 Å². The number of hydrogen-bond acceptors (Lipinski definition) is 6. The van der Waals surface area contributed by atoms with E-state index in [0.29, 0.717) is 35.9 Å². The first kappa shape index (κ1) is 20.7. The molecule has 1 aliphatic carbocycles. The molecule has 156 valence electrons. The highest BCUT2D eigenvalue weighted by Crippen LogP contribution is 2.32. The minimum atomic E-state index is -0.955. The summed E-state index contributed by atoms with van der Waals surface area (Å²) in [4.78, 5) is 24.1. The Balaban J connectivity index is 1.58. The van der Waals surface area contributed by atoms with Crippen molar-refractivity contribution < 1.29 is 14.6 Å². The van der Waals surface area contributed by atoms with Crippen molar-refractivity contribution in [3.63, 3.8) is 0 Å². The Labute approximate surface area is 171 Å². The lowest BCUT2D eigenvalue weighted by Gasteiger charge is -2.32. The van der Waals surface area contributed by atoms with Crippen molar-refractivity contribution in [3.8, 4) is 5.75 Å². The number of amides is 1. The topological polar surface area (TPSA) is 90.8 Å². The van der Waals surface area contributed by atoms with Gasteiger partial charge in [0.1, 0.15) is 11.6 Å². The number of ether oxygens (including phenoxy) is 1. The van der Waals surface area contributed by atoms with Crippen molar-refractivity contribution in [1.82, 2.24) is 9.97 Å². The third kappa shape index (κ3) is 5.28. The van der Waals surface area contributed by atoms with E-state index in [1.807, 2.05) is 37.2 Å². The maximum atomic E-state index is 11.9. The van der Waals surface area contributed by atoms with Crippen LogP contribution in [-0.2, 0) is 0 Å². The number of nitrogens with zero attached hydrogens (tertiary/aromatic N) is 4. The predicted octanol–water partition coefficient (Wildman–Crippen LogP) is 3.71. The minimum Gasteiger partial charge on any atom is -0.495 e. The smallest absolute Gasteiger partial charge is 0.411 e. The molecule has 0 saturated heterocycles. The molecule has 8 heteroatoms. The molecule has 0 unspecified atom stereocenters. The van der Waals surface area contributed by atoms with E-state index >= 15 is 0 Å². The Bertz CT molecular complexity index is 821. The summed E-state index contributed by atoms with van der Waals surface area (Å²) in [5.41, 5.74) is 0.594. The van der Waals surface area contributed by atoms with E-state index in [4.69, 9.17) is 4.74 Å². The molecule has 29 heavy (non-hydrogen) atoms. The van der Waals surface area contributed by atoms with Crippen LogP contribution in [0, 0.1) is 5.92 Å². The zero-order valence-corrected chi connectivity index (χ0v) is 17.2. The Hall–Kier alpha value is -3.03. The van der Waals surface area contributed by atoms with Crippen LogP contribution >= 0.6 is 0 Å². The van der Waals surface area contributed by atoms with Gasteiger partial charge in [-0.2, -0.15) is 4.98 Å².